The third-order valence-corrected chi connectivity index (χ3v) is 3.83. The van der Waals surface area contributed by atoms with Crippen molar-refractivity contribution in [1.82, 2.24) is 9.55 Å². The molecule has 0 amide bonds. The van der Waals surface area contributed by atoms with Crippen LogP contribution < -0.4 is 11.2 Å². The van der Waals surface area contributed by atoms with Gasteiger partial charge in [0.05, 0.1) is 0 Å². The lowest BCUT2D eigenvalue weighted by atomic mass is 10.1. The fourth-order valence-electron chi connectivity index (χ4n) is 2.43. The molecule has 2 rings (SSSR count). The van der Waals surface area contributed by atoms with Crippen molar-refractivity contribution in [2.45, 2.75) is 39.2 Å². The predicted molar refractivity (Wildman–Crippen MR) is 63.1 cm³/mol. The highest BCUT2D eigenvalue weighted by Crippen LogP contribution is 2.33. The first-order valence-corrected chi connectivity index (χ1v) is 5.91. The Labute approximate surface area is 98.3 Å². The molecule has 2 atom stereocenters. The average Bonchev–Trinajstić information content (AvgIpc) is 2.62. The Morgan fingerprint density at radius 3 is 2.62 bits per heavy atom. The standard InChI is InChI=1S/C11H15ClN2O2/c1-6-4-3-5-8(6)14-10(15)7(2)9(12)13-11(14)16/h6,8H,3-5H2,1-2H3,(H,13,16). The summed E-state index contributed by atoms with van der Waals surface area (Å²) in [6.07, 6.45) is 3.03. The Morgan fingerprint density at radius 2 is 2.06 bits per heavy atom. The number of hydrogen-bond acceptors (Lipinski definition) is 2. The number of H-pyrrole nitrogens is 1. The number of hydrogen-bond donors (Lipinski definition) is 1. The maximum Gasteiger partial charge on any atom is 0.329 e. The van der Waals surface area contributed by atoms with Gasteiger partial charge in [-0.05, 0) is 25.7 Å². The highest BCUT2D eigenvalue weighted by Gasteiger charge is 2.28. The third-order valence-electron chi connectivity index (χ3n) is 3.45. The van der Waals surface area contributed by atoms with Gasteiger partial charge >= 0.3 is 5.69 Å². The third kappa shape index (κ3) is 1.71. The Hall–Kier alpha value is -1.03. The molecule has 5 heteroatoms. The first-order chi connectivity index (χ1) is 7.52. The summed E-state index contributed by atoms with van der Waals surface area (Å²) >= 11 is 5.77. The minimum absolute atomic E-state index is 0.0206. The smallest absolute Gasteiger partial charge is 0.297 e. The first kappa shape index (κ1) is 11.5. The molecule has 0 aliphatic heterocycles. The molecule has 0 radical (unpaired) electrons. The molecule has 2 unspecified atom stereocenters. The average molecular weight is 243 g/mol. The van der Waals surface area contributed by atoms with Crippen LogP contribution in [0.1, 0.15) is 37.8 Å². The summed E-state index contributed by atoms with van der Waals surface area (Å²) in [4.78, 5) is 26.3. The quantitative estimate of drug-likeness (QED) is 0.765. The van der Waals surface area contributed by atoms with E-state index in [-0.39, 0.29) is 22.4 Å². The van der Waals surface area contributed by atoms with Gasteiger partial charge in [0.2, 0.25) is 0 Å². The van der Waals surface area contributed by atoms with Crippen molar-refractivity contribution in [2.75, 3.05) is 0 Å². The van der Waals surface area contributed by atoms with Crippen molar-refractivity contribution in [3.8, 4) is 0 Å². The van der Waals surface area contributed by atoms with Gasteiger partial charge in [0.1, 0.15) is 5.15 Å². The molecule has 1 aromatic heterocycles. The van der Waals surface area contributed by atoms with Crippen LogP contribution in [0.4, 0.5) is 0 Å². The van der Waals surface area contributed by atoms with Crippen LogP contribution in [0.2, 0.25) is 5.15 Å². The second kappa shape index (κ2) is 4.09. The van der Waals surface area contributed by atoms with Crippen LogP contribution in [0.3, 0.4) is 0 Å². The van der Waals surface area contributed by atoms with E-state index in [2.05, 4.69) is 11.9 Å². The Bertz CT molecular complexity index is 518. The Morgan fingerprint density at radius 1 is 1.38 bits per heavy atom. The SMILES string of the molecule is Cc1c(Cl)[nH]c(=O)n(C2CCCC2C)c1=O. The minimum Gasteiger partial charge on any atom is -0.297 e. The van der Waals surface area contributed by atoms with Crippen LogP contribution >= 0.6 is 11.6 Å². The number of rotatable bonds is 1. The van der Waals surface area contributed by atoms with Crippen LogP contribution in [-0.2, 0) is 0 Å². The summed E-state index contributed by atoms with van der Waals surface area (Å²) in [6, 6.07) is 0.0206. The molecule has 16 heavy (non-hydrogen) atoms. The first-order valence-electron chi connectivity index (χ1n) is 5.53. The lowest BCUT2D eigenvalue weighted by molar-refractivity contribution is 0.382. The van der Waals surface area contributed by atoms with E-state index in [1.807, 2.05) is 0 Å². The van der Waals surface area contributed by atoms with Gasteiger partial charge in [-0.1, -0.05) is 24.9 Å². The topological polar surface area (TPSA) is 54.9 Å². The summed E-state index contributed by atoms with van der Waals surface area (Å²) in [7, 11) is 0. The molecule has 0 bridgehead atoms. The number of nitrogens with zero attached hydrogens (tertiary/aromatic N) is 1. The molecular weight excluding hydrogens is 228 g/mol. The van der Waals surface area contributed by atoms with Gasteiger partial charge in [0.15, 0.2) is 0 Å². The molecule has 1 saturated carbocycles. The maximum atomic E-state index is 12.0. The van der Waals surface area contributed by atoms with Crippen molar-refractivity contribution in [1.29, 1.82) is 0 Å². The normalized spacial score (nSPS) is 24.9. The molecule has 1 aliphatic rings. The van der Waals surface area contributed by atoms with Crippen molar-refractivity contribution in [3.05, 3.63) is 31.6 Å². The van der Waals surface area contributed by atoms with Crippen molar-refractivity contribution < 1.29 is 0 Å². The molecule has 1 fully saturated rings. The molecule has 4 nitrogen and oxygen atoms in total. The van der Waals surface area contributed by atoms with Gasteiger partial charge in [0, 0.05) is 11.6 Å². The van der Waals surface area contributed by atoms with E-state index in [0.29, 0.717) is 11.5 Å². The van der Waals surface area contributed by atoms with Gasteiger partial charge in [0.25, 0.3) is 5.56 Å². The zero-order chi connectivity index (χ0) is 11.9. The lowest BCUT2D eigenvalue weighted by Crippen LogP contribution is -2.40. The van der Waals surface area contributed by atoms with Crippen molar-refractivity contribution in [3.63, 3.8) is 0 Å². The van der Waals surface area contributed by atoms with Crippen LogP contribution in [0.5, 0.6) is 0 Å². The monoisotopic (exact) mass is 242 g/mol. The molecule has 1 N–H and O–H groups in total. The highest BCUT2D eigenvalue weighted by atomic mass is 35.5. The van der Waals surface area contributed by atoms with E-state index in [1.54, 1.807) is 6.92 Å². The van der Waals surface area contributed by atoms with Crippen LogP contribution in [0.15, 0.2) is 9.59 Å². The van der Waals surface area contributed by atoms with Crippen molar-refractivity contribution in [2.24, 2.45) is 5.92 Å². The van der Waals surface area contributed by atoms with E-state index in [1.165, 1.54) is 4.57 Å². The maximum absolute atomic E-state index is 12.0. The second-order valence-corrected chi connectivity index (χ2v) is 4.90. The Kier molecular flexibility index (Phi) is 2.93. The summed E-state index contributed by atoms with van der Waals surface area (Å²) in [5.74, 6) is 0.374. The summed E-state index contributed by atoms with van der Waals surface area (Å²) in [6.45, 7) is 3.71. The van der Waals surface area contributed by atoms with E-state index >= 15 is 0 Å². The fraction of sp³-hybridized carbons (Fsp3) is 0.636. The summed E-state index contributed by atoms with van der Waals surface area (Å²) in [5.41, 5.74) is -0.229. The second-order valence-electron chi connectivity index (χ2n) is 4.52. The Balaban J connectivity index is 2.61. The van der Waals surface area contributed by atoms with E-state index in [9.17, 15) is 9.59 Å². The van der Waals surface area contributed by atoms with Crippen LogP contribution in [-0.4, -0.2) is 9.55 Å². The molecule has 1 heterocycles. The molecule has 0 aromatic carbocycles. The summed E-state index contributed by atoms with van der Waals surface area (Å²) < 4.78 is 1.33. The summed E-state index contributed by atoms with van der Waals surface area (Å²) in [5, 5.41) is 0.150. The van der Waals surface area contributed by atoms with Crippen molar-refractivity contribution >= 4 is 11.6 Å². The van der Waals surface area contributed by atoms with Gasteiger partial charge in [-0.3, -0.25) is 14.3 Å². The van der Waals surface area contributed by atoms with E-state index in [0.717, 1.165) is 19.3 Å². The molecule has 0 saturated heterocycles. The molecule has 88 valence electrons. The molecule has 1 aromatic rings. The van der Waals surface area contributed by atoms with Gasteiger partial charge < -0.3 is 0 Å². The number of aromatic amines is 1. The largest absolute Gasteiger partial charge is 0.329 e. The van der Waals surface area contributed by atoms with Gasteiger partial charge in [-0.15, -0.1) is 0 Å². The van der Waals surface area contributed by atoms with Crippen LogP contribution in [0, 0.1) is 12.8 Å². The lowest BCUT2D eigenvalue weighted by Gasteiger charge is -2.18. The van der Waals surface area contributed by atoms with Gasteiger partial charge in [-0.25, -0.2) is 4.79 Å². The zero-order valence-electron chi connectivity index (χ0n) is 9.42. The van der Waals surface area contributed by atoms with Gasteiger partial charge in [-0.2, -0.15) is 0 Å². The van der Waals surface area contributed by atoms with E-state index in [4.69, 9.17) is 11.6 Å². The molecule has 1 aliphatic carbocycles. The van der Waals surface area contributed by atoms with Crippen LogP contribution in [0.25, 0.3) is 0 Å². The number of nitrogens with one attached hydrogen (secondary N) is 1. The minimum atomic E-state index is -0.389. The predicted octanol–water partition coefficient (Wildman–Crippen LogP) is 1.86. The van der Waals surface area contributed by atoms with E-state index < -0.39 is 0 Å². The zero-order valence-corrected chi connectivity index (χ0v) is 10.2. The number of halogens is 1. The molecule has 0 spiro atoms. The highest BCUT2D eigenvalue weighted by molar-refractivity contribution is 6.30. The molecular formula is C11H15ClN2O2. The fourth-order valence-corrected chi connectivity index (χ4v) is 2.59. The number of aromatic nitrogens is 2.